The number of para-hydroxylation sites is 1. The molecule has 1 aliphatic rings. The van der Waals surface area contributed by atoms with E-state index in [9.17, 15) is 0 Å². The summed E-state index contributed by atoms with van der Waals surface area (Å²) >= 11 is 1.84. The molecule has 7 aromatic carbocycles. The zero-order chi connectivity index (χ0) is 33.0. The van der Waals surface area contributed by atoms with Crippen LogP contribution >= 0.6 is 11.3 Å². The van der Waals surface area contributed by atoms with Gasteiger partial charge in [-0.25, -0.2) is 9.98 Å². The lowest BCUT2D eigenvalue weighted by Gasteiger charge is -2.24. The molecule has 1 aliphatic heterocycles. The van der Waals surface area contributed by atoms with Gasteiger partial charge in [0.05, 0.1) is 11.0 Å². The van der Waals surface area contributed by atoms with E-state index in [0.29, 0.717) is 0 Å². The van der Waals surface area contributed by atoms with Crippen molar-refractivity contribution >= 4 is 65.0 Å². The van der Waals surface area contributed by atoms with Crippen LogP contribution in [0.2, 0.25) is 0 Å². The third-order valence-corrected chi connectivity index (χ3v) is 10.9. The van der Waals surface area contributed by atoms with Gasteiger partial charge < -0.3 is 9.88 Å². The lowest BCUT2D eigenvalue weighted by Crippen LogP contribution is -2.33. The molecule has 0 radical (unpaired) electrons. The van der Waals surface area contributed by atoms with Crippen LogP contribution in [0.1, 0.15) is 22.9 Å². The summed E-state index contributed by atoms with van der Waals surface area (Å²) < 4.78 is 4.89. The average molecular weight is 659 g/mol. The zero-order valence-corrected chi connectivity index (χ0v) is 27.8. The minimum atomic E-state index is -0.287. The Morgan fingerprint density at radius 1 is 0.500 bits per heavy atom. The topological polar surface area (TPSA) is 41.7 Å². The number of hydrogen-bond acceptors (Lipinski definition) is 4. The predicted octanol–water partition coefficient (Wildman–Crippen LogP) is 11.3. The molecule has 5 heteroatoms. The summed E-state index contributed by atoms with van der Waals surface area (Å²) in [5.41, 5.74) is 9.20. The van der Waals surface area contributed by atoms with Crippen LogP contribution in [0, 0.1) is 0 Å². The largest absolute Gasteiger partial charge is 0.344 e. The van der Waals surface area contributed by atoms with Gasteiger partial charge in [0.2, 0.25) is 0 Å². The maximum atomic E-state index is 5.19. The van der Waals surface area contributed by atoms with Crippen molar-refractivity contribution in [2.24, 2.45) is 9.98 Å². The van der Waals surface area contributed by atoms with Crippen molar-refractivity contribution in [3.05, 3.63) is 187 Å². The van der Waals surface area contributed by atoms with Gasteiger partial charge in [0.25, 0.3) is 0 Å². The molecule has 9 aromatic rings. The van der Waals surface area contributed by atoms with E-state index in [0.717, 1.165) is 34.0 Å². The van der Waals surface area contributed by atoms with Gasteiger partial charge in [-0.2, -0.15) is 0 Å². The SMILES string of the molecule is c1ccc(C2=NC(c3cccc4c3sc3cc(-n5c6ccccc6c6cc(-c7ccccc7)ccc65)ccc34)NC(c3ccccc3)=N2)cc1. The number of fused-ring (bicyclic) bond motifs is 6. The molecular weight excluding hydrogens is 629 g/mol. The Bertz CT molecular complexity index is 2780. The fourth-order valence-electron chi connectivity index (χ4n) is 7.29. The summed E-state index contributed by atoms with van der Waals surface area (Å²) in [6.45, 7) is 0. The third kappa shape index (κ3) is 4.74. The first-order valence-electron chi connectivity index (χ1n) is 16.9. The smallest absolute Gasteiger partial charge is 0.159 e. The third-order valence-electron chi connectivity index (χ3n) is 9.67. The number of hydrogen-bond donors (Lipinski definition) is 1. The summed E-state index contributed by atoms with van der Waals surface area (Å²) in [4.78, 5) is 10.2. The predicted molar refractivity (Wildman–Crippen MR) is 211 cm³/mol. The molecule has 0 amide bonds. The second-order valence-corrected chi connectivity index (χ2v) is 13.7. The summed E-state index contributed by atoms with van der Waals surface area (Å²) in [6, 6.07) is 60.3. The fourth-order valence-corrected chi connectivity index (χ4v) is 8.57. The van der Waals surface area contributed by atoms with Gasteiger partial charge in [-0.3, -0.25) is 0 Å². The van der Waals surface area contributed by atoms with Crippen LogP contribution in [0.25, 0.3) is 58.8 Å². The molecule has 50 heavy (non-hydrogen) atoms. The molecule has 0 saturated heterocycles. The van der Waals surface area contributed by atoms with Gasteiger partial charge in [0.1, 0.15) is 12.0 Å². The van der Waals surface area contributed by atoms with Gasteiger partial charge in [-0.05, 0) is 41.5 Å². The van der Waals surface area contributed by atoms with Crippen LogP contribution in [0.4, 0.5) is 0 Å². The first-order valence-corrected chi connectivity index (χ1v) is 17.7. The van der Waals surface area contributed by atoms with Crippen molar-refractivity contribution in [1.82, 2.24) is 9.88 Å². The molecule has 3 heterocycles. The standard InChI is InChI=1S/C45H30N4S/c1-4-13-29(14-5-1)32-23-26-40-38(27-32)34-19-10-11-22-39(34)49(40)33-24-25-35-36-20-12-21-37(42(36)50-41(35)28-33)45-47-43(30-15-6-2-7-16-30)46-44(48-45)31-17-8-3-9-18-31/h1-28,45H,(H,46,47,48). The summed E-state index contributed by atoms with van der Waals surface area (Å²) in [6.07, 6.45) is -0.287. The first-order chi connectivity index (χ1) is 24.8. The molecular formula is C45H30N4S. The second-order valence-electron chi connectivity index (χ2n) is 12.6. The molecule has 0 bridgehead atoms. The van der Waals surface area contributed by atoms with Gasteiger partial charge in [0, 0.05) is 53.3 Å². The highest BCUT2D eigenvalue weighted by atomic mass is 32.1. The molecule has 1 unspecified atom stereocenters. The molecule has 0 spiro atoms. The highest BCUT2D eigenvalue weighted by molar-refractivity contribution is 7.26. The van der Waals surface area contributed by atoms with Crippen molar-refractivity contribution in [3.63, 3.8) is 0 Å². The molecule has 0 fully saturated rings. The van der Waals surface area contributed by atoms with E-state index in [2.05, 4.69) is 143 Å². The van der Waals surface area contributed by atoms with E-state index in [1.54, 1.807) is 0 Å². The first kappa shape index (κ1) is 28.7. The summed E-state index contributed by atoms with van der Waals surface area (Å²) in [5, 5.41) is 8.68. The van der Waals surface area contributed by atoms with Crippen LogP contribution < -0.4 is 5.32 Å². The lowest BCUT2D eigenvalue weighted by molar-refractivity contribution is 0.680. The van der Waals surface area contributed by atoms with Crippen molar-refractivity contribution in [3.8, 4) is 16.8 Å². The number of benzene rings is 7. The number of nitrogens with one attached hydrogen (secondary N) is 1. The minimum Gasteiger partial charge on any atom is -0.344 e. The van der Waals surface area contributed by atoms with E-state index in [4.69, 9.17) is 9.98 Å². The van der Waals surface area contributed by atoms with Crippen LogP contribution in [-0.4, -0.2) is 16.2 Å². The van der Waals surface area contributed by atoms with E-state index in [-0.39, 0.29) is 6.17 Å². The number of nitrogens with zero attached hydrogens (tertiary/aromatic N) is 3. The normalized spacial score (nSPS) is 14.6. The van der Waals surface area contributed by atoms with Crippen molar-refractivity contribution < 1.29 is 0 Å². The molecule has 0 saturated carbocycles. The second kappa shape index (κ2) is 11.7. The Kier molecular flexibility index (Phi) is 6.71. The summed E-state index contributed by atoms with van der Waals surface area (Å²) in [5.74, 6) is 1.56. The van der Waals surface area contributed by atoms with Gasteiger partial charge in [-0.1, -0.05) is 140 Å². The number of rotatable bonds is 5. The maximum Gasteiger partial charge on any atom is 0.159 e. The average Bonchev–Trinajstić information content (AvgIpc) is 3.74. The van der Waals surface area contributed by atoms with Crippen LogP contribution in [0.3, 0.4) is 0 Å². The minimum absolute atomic E-state index is 0.287. The van der Waals surface area contributed by atoms with Crippen molar-refractivity contribution in [1.29, 1.82) is 0 Å². The number of thiophene rings is 1. The van der Waals surface area contributed by atoms with Crippen LogP contribution in [0.15, 0.2) is 180 Å². The van der Waals surface area contributed by atoms with Gasteiger partial charge in [-0.15, -0.1) is 11.3 Å². The Morgan fingerprint density at radius 2 is 1.18 bits per heavy atom. The molecule has 2 aromatic heterocycles. The Labute approximate surface area is 293 Å². The maximum absolute atomic E-state index is 5.19. The number of amidine groups is 2. The van der Waals surface area contributed by atoms with E-state index in [1.807, 2.05) is 47.7 Å². The quantitative estimate of drug-likeness (QED) is 0.196. The van der Waals surface area contributed by atoms with E-state index in [1.165, 1.54) is 53.1 Å². The van der Waals surface area contributed by atoms with Crippen molar-refractivity contribution in [2.75, 3.05) is 0 Å². The molecule has 1 N–H and O–H groups in total. The van der Waals surface area contributed by atoms with Gasteiger partial charge in [0.15, 0.2) is 5.84 Å². The molecule has 10 rings (SSSR count). The monoisotopic (exact) mass is 658 g/mol. The molecule has 1 atom stereocenters. The molecule has 236 valence electrons. The Balaban J connectivity index is 1.11. The Morgan fingerprint density at radius 3 is 1.98 bits per heavy atom. The highest BCUT2D eigenvalue weighted by Gasteiger charge is 2.24. The van der Waals surface area contributed by atoms with Crippen LogP contribution in [-0.2, 0) is 0 Å². The van der Waals surface area contributed by atoms with E-state index < -0.39 is 0 Å². The number of aliphatic imine (C=N–C) groups is 2. The van der Waals surface area contributed by atoms with Crippen LogP contribution in [0.5, 0.6) is 0 Å². The Hall–Kier alpha value is -6.30. The highest BCUT2D eigenvalue weighted by Crippen LogP contribution is 2.41. The van der Waals surface area contributed by atoms with E-state index >= 15 is 0 Å². The lowest BCUT2D eigenvalue weighted by atomic mass is 10.0. The zero-order valence-electron chi connectivity index (χ0n) is 27.0. The van der Waals surface area contributed by atoms with Gasteiger partial charge >= 0.3 is 0 Å². The summed E-state index contributed by atoms with van der Waals surface area (Å²) in [7, 11) is 0. The molecule has 4 nitrogen and oxygen atoms in total. The molecule has 0 aliphatic carbocycles. The fraction of sp³-hybridized carbons (Fsp3) is 0.0222. The number of aromatic nitrogens is 1. The van der Waals surface area contributed by atoms with Crippen molar-refractivity contribution in [2.45, 2.75) is 6.17 Å².